The molecule has 3 heterocycles. The summed E-state index contributed by atoms with van der Waals surface area (Å²) in [6, 6.07) is 18.6. The molecular formula is C26H20FN5O2. The average molecular weight is 453 g/mol. The first-order chi connectivity index (χ1) is 16.6. The fourth-order valence-corrected chi connectivity index (χ4v) is 3.55. The van der Waals surface area contributed by atoms with Crippen LogP contribution in [0.3, 0.4) is 0 Å². The lowest BCUT2D eigenvalue weighted by atomic mass is 10.1. The lowest BCUT2D eigenvalue weighted by molar-refractivity contribution is 0.262. The van der Waals surface area contributed by atoms with Crippen LogP contribution in [0, 0.1) is 12.7 Å². The van der Waals surface area contributed by atoms with Crippen LogP contribution in [-0.4, -0.2) is 21.0 Å². The van der Waals surface area contributed by atoms with Gasteiger partial charge < -0.3 is 20.4 Å². The van der Waals surface area contributed by atoms with Crippen LogP contribution in [0.1, 0.15) is 5.56 Å². The molecule has 0 saturated carbocycles. The highest BCUT2D eigenvalue weighted by Crippen LogP contribution is 2.35. The van der Waals surface area contributed by atoms with E-state index in [-0.39, 0.29) is 5.82 Å². The minimum absolute atomic E-state index is 0.371. The first kappa shape index (κ1) is 21.1. The molecule has 2 aromatic carbocycles. The van der Waals surface area contributed by atoms with E-state index in [1.807, 2.05) is 30.5 Å². The summed E-state index contributed by atoms with van der Waals surface area (Å²) < 4.78 is 19.7. The summed E-state index contributed by atoms with van der Waals surface area (Å²) in [5, 5.41) is 6.30. The minimum atomic E-state index is -0.475. The summed E-state index contributed by atoms with van der Waals surface area (Å²) in [4.78, 5) is 24.1. The number of urea groups is 1. The van der Waals surface area contributed by atoms with E-state index in [0.717, 1.165) is 22.2 Å². The highest BCUT2D eigenvalue weighted by Gasteiger charge is 2.13. The molecule has 0 bridgehead atoms. The first-order valence-corrected chi connectivity index (χ1v) is 10.6. The fraction of sp³-hybridized carbons (Fsp3) is 0.0385. The highest BCUT2D eigenvalue weighted by molar-refractivity contribution is 5.99. The Morgan fingerprint density at radius 3 is 2.53 bits per heavy atom. The van der Waals surface area contributed by atoms with Gasteiger partial charge in [0.15, 0.2) is 0 Å². The SMILES string of the molecule is Cc1ccc(NC(=O)Nc2ccc(Oc3ncccc3-c3ccnc4[nH]ccc34)cc2)cc1F. The number of nitrogens with zero attached hydrogens (tertiary/aromatic N) is 2. The second-order valence-electron chi connectivity index (χ2n) is 7.62. The molecule has 0 spiro atoms. The van der Waals surface area contributed by atoms with Crippen molar-refractivity contribution in [2.45, 2.75) is 6.92 Å². The molecule has 2 amide bonds. The van der Waals surface area contributed by atoms with E-state index >= 15 is 0 Å². The van der Waals surface area contributed by atoms with Gasteiger partial charge in [-0.05, 0) is 78.7 Å². The largest absolute Gasteiger partial charge is 0.438 e. The maximum absolute atomic E-state index is 13.7. The number of H-pyrrole nitrogens is 1. The lowest BCUT2D eigenvalue weighted by Gasteiger charge is -2.12. The Balaban J connectivity index is 1.30. The van der Waals surface area contributed by atoms with Crippen LogP contribution in [0.15, 0.2) is 85.3 Å². The van der Waals surface area contributed by atoms with Crippen molar-refractivity contribution in [1.82, 2.24) is 15.0 Å². The summed E-state index contributed by atoms with van der Waals surface area (Å²) in [5.74, 6) is 0.638. The van der Waals surface area contributed by atoms with Gasteiger partial charge in [-0.1, -0.05) is 6.07 Å². The van der Waals surface area contributed by atoms with Crippen LogP contribution < -0.4 is 15.4 Å². The molecule has 0 atom stereocenters. The van der Waals surface area contributed by atoms with Gasteiger partial charge >= 0.3 is 6.03 Å². The third-order valence-corrected chi connectivity index (χ3v) is 5.28. The number of fused-ring (bicyclic) bond motifs is 1. The highest BCUT2D eigenvalue weighted by atomic mass is 19.1. The maximum atomic E-state index is 13.7. The molecule has 168 valence electrons. The monoisotopic (exact) mass is 453 g/mol. The van der Waals surface area contributed by atoms with Crippen molar-refractivity contribution < 1.29 is 13.9 Å². The van der Waals surface area contributed by atoms with E-state index < -0.39 is 6.03 Å². The number of ether oxygens (including phenoxy) is 1. The number of carbonyl (C=O) groups is 1. The van der Waals surface area contributed by atoms with E-state index in [2.05, 4.69) is 25.6 Å². The summed E-state index contributed by atoms with van der Waals surface area (Å²) in [6.07, 6.45) is 5.25. The molecule has 0 saturated heterocycles. The number of aromatic amines is 1. The molecule has 7 nitrogen and oxygen atoms in total. The van der Waals surface area contributed by atoms with Gasteiger partial charge in [0.2, 0.25) is 5.88 Å². The molecule has 8 heteroatoms. The Bertz CT molecular complexity index is 1480. The quantitative estimate of drug-likeness (QED) is 0.283. The molecule has 0 unspecified atom stereocenters. The van der Waals surface area contributed by atoms with Crippen molar-refractivity contribution in [3.63, 3.8) is 0 Å². The maximum Gasteiger partial charge on any atom is 0.323 e. The summed E-state index contributed by atoms with van der Waals surface area (Å²) in [6.45, 7) is 1.66. The molecule has 0 aliphatic rings. The molecule has 0 fully saturated rings. The third-order valence-electron chi connectivity index (χ3n) is 5.28. The standard InChI is InChI=1S/C26H20FN5O2/c1-16-4-5-18(15-23(16)27)32-26(33)31-17-6-8-19(9-7-17)34-25-22(3-2-12-30-25)20-10-13-28-24-21(20)11-14-29-24/h2-15H,1H3,(H,28,29)(H2,31,32,33). The van der Waals surface area contributed by atoms with E-state index in [0.29, 0.717) is 28.6 Å². The number of carbonyl (C=O) groups excluding carboxylic acids is 1. The molecule has 0 aliphatic heterocycles. The topological polar surface area (TPSA) is 91.9 Å². The summed E-state index contributed by atoms with van der Waals surface area (Å²) >= 11 is 0. The lowest BCUT2D eigenvalue weighted by Crippen LogP contribution is -2.19. The van der Waals surface area contributed by atoms with Crippen molar-refractivity contribution in [3.8, 4) is 22.8 Å². The Kier molecular flexibility index (Phi) is 5.61. The zero-order chi connectivity index (χ0) is 23.5. The molecule has 0 radical (unpaired) electrons. The van der Waals surface area contributed by atoms with Gasteiger partial charge in [-0.25, -0.2) is 19.2 Å². The van der Waals surface area contributed by atoms with E-state index in [1.165, 1.54) is 6.07 Å². The molecule has 0 aliphatic carbocycles. The average Bonchev–Trinajstić information content (AvgIpc) is 3.32. The van der Waals surface area contributed by atoms with E-state index in [4.69, 9.17) is 4.74 Å². The van der Waals surface area contributed by atoms with Crippen LogP contribution in [0.4, 0.5) is 20.6 Å². The van der Waals surface area contributed by atoms with Gasteiger partial charge in [0.1, 0.15) is 17.2 Å². The number of hydrogen-bond acceptors (Lipinski definition) is 4. The molecule has 3 aromatic heterocycles. The second kappa shape index (κ2) is 9.03. The molecule has 5 aromatic rings. The minimum Gasteiger partial charge on any atom is -0.438 e. The van der Waals surface area contributed by atoms with Gasteiger partial charge in [-0.2, -0.15) is 0 Å². The molecule has 34 heavy (non-hydrogen) atoms. The smallest absolute Gasteiger partial charge is 0.323 e. The number of aryl methyl sites for hydroxylation is 1. The summed E-state index contributed by atoms with van der Waals surface area (Å²) in [7, 11) is 0. The van der Waals surface area contributed by atoms with Crippen molar-refractivity contribution in [2.75, 3.05) is 10.6 Å². The molecule has 3 N–H and O–H groups in total. The first-order valence-electron chi connectivity index (χ1n) is 10.6. The predicted molar refractivity (Wildman–Crippen MR) is 130 cm³/mol. The Labute approximate surface area is 194 Å². The van der Waals surface area contributed by atoms with Crippen molar-refractivity contribution in [1.29, 1.82) is 0 Å². The van der Waals surface area contributed by atoms with E-state index in [9.17, 15) is 9.18 Å². The Morgan fingerprint density at radius 1 is 0.912 bits per heavy atom. The number of benzene rings is 2. The Hall–Kier alpha value is -4.72. The van der Waals surface area contributed by atoms with Gasteiger partial charge in [0.25, 0.3) is 0 Å². The number of amides is 2. The van der Waals surface area contributed by atoms with Gasteiger partial charge in [0.05, 0.1) is 0 Å². The normalized spacial score (nSPS) is 10.8. The molecule has 5 rings (SSSR count). The number of rotatable bonds is 5. The van der Waals surface area contributed by atoms with Gasteiger partial charge in [-0.15, -0.1) is 0 Å². The summed E-state index contributed by atoms with van der Waals surface area (Å²) in [5.41, 5.74) is 4.02. The number of aromatic nitrogens is 3. The number of pyridine rings is 2. The van der Waals surface area contributed by atoms with Crippen LogP contribution in [0.25, 0.3) is 22.2 Å². The molecular weight excluding hydrogens is 433 g/mol. The second-order valence-corrected chi connectivity index (χ2v) is 7.62. The van der Waals surface area contributed by atoms with Gasteiger partial charge in [0, 0.05) is 40.9 Å². The number of halogens is 1. The van der Waals surface area contributed by atoms with Gasteiger partial charge in [-0.3, -0.25) is 0 Å². The predicted octanol–water partition coefficient (Wildman–Crippen LogP) is 6.51. The number of anilines is 2. The zero-order valence-corrected chi connectivity index (χ0v) is 18.2. The number of nitrogens with one attached hydrogen (secondary N) is 3. The van der Waals surface area contributed by atoms with Crippen LogP contribution in [-0.2, 0) is 0 Å². The Morgan fingerprint density at radius 2 is 1.71 bits per heavy atom. The third kappa shape index (κ3) is 4.42. The van der Waals surface area contributed by atoms with Crippen molar-refractivity contribution in [2.24, 2.45) is 0 Å². The van der Waals surface area contributed by atoms with Crippen LogP contribution in [0.5, 0.6) is 11.6 Å². The fourth-order valence-electron chi connectivity index (χ4n) is 3.55. The van der Waals surface area contributed by atoms with Crippen molar-refractivity contribution in [3.05, 3.63) is 96.7 Å². The van der Waals surface area contributed by atoms with Crippen molar-refractivity contribution >= 4 is 28.4 Å². The van der Waals surface area contributed by atoms with Crippen LogP contribution >= 0.6 is 0 Å². The van der Waals surface area contributed by atoms with Crippen LogP contribution in [0.2, 0.25) is 0 Å². The van der Waals surface area contributed by atoms with E-state index in [1.54, 1.807) is 55.7 Å². The number of hydrogen-bond donors (Lipinski definition) is 3. The zero-order valence-electron chi connectivity index (χ0n) is 18.2.